The van der Waals surface area contributed by atoms with Crippen LogP contribution in [-0.2, 0) is 16.4 Å². The largest absolute Gasteiger partial charge is 0.388 e. The number of fused-ring (bicyclic) bond motifs is 1. The van der Waals surface area contributed by atoms with Gasteiger partial charge in [-0.25, -0.2) is 17.8 Å². The van der Waals surface area contributed by atoms with Crippen LogP contribution in [0, 0.1) is 11.8 Å². The van der Waals surface area contributed by atoms with Crippen LogP contribution in [0.25, 0.3) is 11.0 Å². The number of amidine groups is 1. The summed E-state index contributed by atoms with van der Waals surface area (Å²) < 4.78 is 43.7. The number of sulfonamides is 1. The number of hydrogen-bond acceptors (Lipinski definition) is 6. The number of hydrogen-bond donors (Lipinski definition) is 3. The molecule has 0 saturated heterocycles. The average molecular weight is 544 g/mol. The van der Waals surface area contributed by atoms with E-state index in [0.717, 1.165) is 6.26 Å². The maximum Gasteiger partial charge on any atom is 0.274 e. The molecule has 0 aliphatic rings. The summed E-state index contributed by atoms with van der Waals surface area (Å²) >= 11 is 0. The molecule has 3 atom stereocenters. The van der Waals surface area contributed by atoms with Gasteiger partial charge in [0.1, 0.15) is 17.6 Å². The molecule has 0 radical (unpaired) electrons. The van der Waals surface area contributed by atoms with Crippen molar-refractivity contribution in [3.63, 3.8) is 0 Å². The van der Waals surface area contributed by atoms with Gasteiger partial charge in [-0.2, -0.15) is 4.40 Å². The van der Waals surface area contributed by atoms with Gasteiger partial charge in [-0.3, -0.25) is 9.78 Å². The summed E-state index contributed by atoms with van der Waals surface area (Å²) in [4.78, 5) is 21.6. The quantitative estimate of drug-likeness (QED) is 0.180. The third kappa shape index (κ3) is 8.29. The Hall–Kier alpha value is -3.44. The van der Waals surface area contributed by atoms with Crippen molar-refractivity contribution in [3.05, 3.63) is 72.1 Å². The van der Waals surface area contributed by atoms with Crippen LogP contribution in [0.5, 0.6) is 0 Å². The molecule has 204 valence electrons. The number of alkyl halides is 1. The highest BCUT2D eigenvalue weighted by atomic mass is 32.2. The first-order valence-electron chi connectivity index (χ1n) is 12.4. The minimum absolute atomic E-state index is 0.111. The number of amides is 1. The van der Waals surface area contributed by atoms with E-state index in [-0.39, 0.29) is 30.3 Å². The SMILES string of the molecule is CC(C)CCC(CC(O)C(F)(Cc1ccccc1)NC(=O)c1cnc2ccccc2n1)C(N)=NS(C)(=O)=O. The zero-order valence-electron chi connectivity index (χ0n) is 21.7. The van der Waals surface area contributed by atoms with Gasteiger partial charge < -0.3 is 16.2 Å². The molecular formula is C27H34FN5O4S. The van der Waals surface area contributed by atoms with E-state index in [1.165, 1.54) is 6.20 Å². The molecule has 9 nitrogen and oxygen atoms in total. The van der Waals surface area contributed by atoms with Crippen LogP contribution in [-0.4, -0.2) is 53.4 Å². The number of nitrogens with zero attached hydrogens (tertiary/aromatic N) is 3. The molecule has 1 heterocycles. The Labute approximate surface area is 222 Å². The van der Waals surface area contributed by atoms with Crippen molar-refractivity contribution in [2.75, 3.05) is 6.26 Å². The summed E-state index contributed by atoms with van der Waals surface area (Å²) in [5, 5.41) is 13.5. The minimum atomic E-state index is -3.80. The fourth-order valence-electron chi connectivity index (χ4n) is 4.10. The Balaban J connectivity index is 1.92. The maximum atomic E-state index is 16.7. The second-order valence-electron chi connectivity index (χ2n) is 9.89. The number of halogens is 1. The van der Waals surface area contributed by atoms with Crippen LogP contribution in [0.2, 0.25) is 0 Å². The van der Waals surface area contributed by atoms with Gasteiger partial charge in [-0.1, -0.05) is 62.7 Å². The Bertz CT molecular complexity index is 1380. The summed E-state index contributed by atoms with van der Waals surface area (Å²) in [6.07, 6.45) is 0.835. The molecule has 3 unspecified atom stereocenters. The van der Waals surface area contributed by atoms with Crippen molar-refractivity contribution in [1.82, 2.24) is 15.3 Å². The number of aliphatic hydroxyl groups excluding tert-OH is 1. The van der Waals surface area contributed by atoms with E-state index in [4.69, 9.17) is 5.73 Å². The predicted molar refractivity (Wildman–Crippen MR) is 146 cm³/mol. The fourth-order valence-corrected chi connectivity index (χ4v) is 4.63. The first-order valence-corrected chi connectivity index (χ1v) is 14.2. The van der Waals surface area contributed by atoms with Crippen molar-refractivity contribution < 1.29 is 22.7 Å². The lowest BCUT2D eigenvalue weighted by molar-refractivity contribution is -0.0381. The lowest BCUT2D eigenvalue weighted by Crippen LogP contribution is -2.56. The van der Waals surface area contributed by atoms with Crippen molar-refractivity contribution in [2.45, 2.75) is 51.4 Å². The van der Waals surface area contributed by atoms with Crippen LogP contribution in [0.1, 0.15) is 49.2 Å². The van der Waals surface area contributed by atoms with E-state index >= 15 is 4.39 Å². The number of para-hydroxylation sites is 2. The number of carbonyl (C=O) groups is 1. The first kappa shape index (κ1) is 29.1. The van der Waals surface area contributed by atoms with E-state index in [2.05, 4.69) is 19.7 Å². The molecule has 3 rings (SSSR count). The van der Waals surface area contributed by atoms with Gasteiger partial charge in [0.2, 0.25) is 5.79 Å². The second kappa shape index (κ2) is 12.4. The highest BCUT2D eigenvalue weighted by molar-refractivity contribution is 7.89. The average Bonchev–Trinajstić information content (AvgIpc) is 2.85. The molecule has 1 aromatic heterocycles. The van der Waals surface area contributed by atoms with E-state index in [9.17, 15) is 18.3 Å². The smallest absolute Gasteiger partial charge is 0.274 e. The molecule has 0 fully saturated rings. The second-order valence-corrected chi connectivity index (χ2v) is 11.5. The Morgan fingerprint density at radius 2 is 1.74 bits per heavy atom. The zero-order chi connectivity index (χ0) is 27.9. The number of nitrogens with two attached hydrogens (primary N) is 1. The van der Waals surface area contributed by atoms with Gasteiger partial charge in [-0.05, 0) is 36.5 Å². The highest BCUT2D eigenvalue weighted by Gasteiger charge is 2.42. The van der Waals surface area contributed by atoms with Gasteiger partial charge in [0.15, 0.2) is 0 Å². The molecular weight excluding hydrogens is 509 g/mol. The molecule has 0 aliphatic heterocycles. The number of nitrogens with one attached hydrogen (secondary N) is 1. The highest BCUT2D eigenvalue weighted by Crippen LogP contribution is 2.28. The number of benzene rings is 2. The van der Waals surface area contributed by atoms with E-state index in [1.807, 2.05) is 13.8 Å². The summed E-state index contributed by atoms with van der Waals surface area (Å²) in [6, 6.07) is 15.5. The lowest BCUT2D eigenvalue weighted by atomic mass is 9.87. The van der Waals surface area contributed by atoms with E-state index in [1.54, 1.807) is 54.6 Å². The molecule has 0 aliphatic carbocycles. The molecule has 4 N–H and O–H groups in total. The van der Waals surface area contributed by atoms with Gasteiger partial charge >= 0.3 is 0 Å². The van der Waals surface area contributed by atoms with Crippen LogP contribution >= 0.6 is 0 Å². The number of rotatable bonds is 12. The zero-order valence-corrected chi connectivity index (χ0v) is 22.5. The molecule has 0 bridgehead atoms. The third-order valence-electron chi connectivity index (χ3n) is 6.12. The molecule has 0 spiro atoms. The third-order valence-corrected chi connectivity index (χ3v) is 6.67. The Kier molecular flexibility index (Phi) is 9.50. The van der Waals surface area contributed by atoms with Gasteiger partial charge in [0.05, 0.1) is 23.5 Å². The molecule has 2 aromatic carbocycles. The van der Waals surface area contributed by atoms with Crippen molar-refractivity contribution in [2.24, 2.45) is 22.0 Å². The molecule has 0 saturated carbocycles. The summed E-state index contributed by atoms with van der Waals surface area (Å²) in [5.74, 6) is -4.16. The molecule has 1 amide bonds. The Morgan fingerprint density at radius 3 is 2.37 bits per heavy atom. The first-order chi connectivity index (χ1) is 17.9. The minimum Gasteiger partial charge on any atom is -0.388 e. The maximum absolute atomic E-state index is 16.7. The normalized spacial score (nSPS) is 15.7. The van der Waals surface area contributed by atoms with E-state index in [0.29, 0.717) is 29.4 Å². The molecule has 38 heavy (non-hydrogen) atoms. The van der Waals surface area contributed by atoms with Crippen LogP contribution < -0.4 is 11.1 Å². The van der Waals surface area contributed by atoms with E-state index < -0.39 is 33.7 Å². The predicted octanol–water partition coefficient (Wildman–Crippen LogP) is 3.39. The standard InChI is InChI=1S/C27H34FN5O4S/c1-18(2)13-14-20(25(29)33-38(3,36)37)15-24(34)27(28,16-19-9-5-4-6-10-19)32-26(35)23-17-30-21-11-7-8-12-22(21)31-23/h4-12,17-18,20,24,34H,13-16H2,1-3H3,(H2,29,33)(H,32,35). The summed E-state index contributed by atoms with van der Waals surface area (Å²) in [5.41, 5.74) is 7.48. The number of aliphatic hydroxyl groups is 1. The topological polar surface area (TPSA) is 148 Å². The Morgan fingerprint density at radius 1 is 1.11 bits per heavy atom. The van der Waals surface area contributed by atoms with Crippen molar-refractivity contribution in [1.29, 1.82) is 0 Å². The van der Waals surface area contributed by atoms with Gasteiger partial charge in [0, 0.05) is 12.3 Å². The van der Waals surface area contributed by atoms with Crippen molar-refractivity contribution >= 4 is 32.8 Å². The molecule has 11 heteroatoms. The monoisotopic (exact) mass is 543 g/mol. The van der Waals surface area contributed by atoms with Gasteiger partial charge in [0.25, 0.3) is 15.9 Å². The van der Waals surface area contributed by atoms with Crippen LogP contribution in [0.3, 0.4) is 0 Å². The summed E-state index contributed by atoms with van der Waals surface area (Å²) in [7, 11) is -3.80. The fraction of sp³-hybridized carbons (Fsp3) is 0.407. The number of aromatic nitrogens is 2. The van der Waals surface area contributed by atoms with Crippen LogP contribution in [0.4, 0.5) is 4.39 Å². The van der Waals surface area contributed by atoms with Gasteiger partial charge in [-0.15, -0.1) is 0 Å². The van der Waals surface area contributed by atoms with Crippen LogP contribution in [0.15, 0.2) is 65.2 Å². The lowest BCUT2D eigenvalue weighted by Gasteiger charge is -2.33. The number of carbonyl (C=O) groups excluding carboxylic acids is 1. The molecule has 3 aromatic rings. The summed E-state index contributed by atoms with van der Waals surface area (Å²) in [6.45, 7) is 3.97. The van der Waals surface area contributed by atoms with Crippen molar-refractivity contribution in [3.8, 4) is 0 Å².